The SMILES string of the molecule is C=C.C=C/C=C/C(SCC(N)C(=O)O)[C@@H](O)CCCCC.C=CC.CCCC(=O)O. The Morgan fingerprint density at radius 1 is 1.10 bits per heavy atom. The highest BCUT2D eigenvalue weighted by Crippen LogP contribution is 2.21. The first-order valence-electron chi connectivity index (χ1n) is 10.1. The molecular formula is C23H43NO5S. The number of hydrogen-bond donors (Lipinski definition) is 4. The molecule has 5 N–H and O–H groups in total. The number of nitrogens with two attached hydrogens (primary N) is 1. The number of carboxylic acid groups (broad SMARTS) is 2. The van der Waals surface area contributed by atoms with E-state index in [-0.39, 0.29) is 11.0 Å². The second kappa shape index (κ2) is 29.4. The molecule has 7 heteroatoms. The molecular weight excluding hydrogens is 402 g/mol. The zero-order valence-corrected chi connectivity index (χ0v) is 19.8. The van der Waals surface area contributed by atoms with Crippen LogP contribution in [-0.4, -0.2) is 50.4 Å². The van der Waals surface area contributed by atoms with Crippen molar-refractivity contribution in [3.05, 3.63) is 50.6 Å². The van der Waals surface area contributed by atoms with Gasteiger partial charge in [0.2, 0.25) is 0 Å². The number of carboxylic acids is 2. The number of thioether (sulfide) groups is 1. The van der Waals surface area contributed by atoms with Gasteiger partial charge < -0.3 is 21.1 Å². The van der Waals surface area contributed by atoms with Crippen LogP contribution in [0, 0.1) is 0 Å². The third kappa shape index (κ3) is 30.9. The molecule has 0 heterocycles. The zero-order chi connectivity index (χ0) is 24.4. The van der Waals surface area contributed by atoms with Gasteiger partial charge in [0.15, 0.2) is 0 Å². The summed E-state index contributed by atoms with van der Waals surface area (Å²) in [6, 6.07) is -0.896. The summed E-state index contributed by atoms with van der Waals surface area (Å²) in [6.07, 6.45) is 11.4. The number of aliphatic carboxylic acids is 2. The third-order valence-corrected chi connectivity index (χ3v) is 4.58. The molecule has 0 aromatic heterocycles. The number of allylic oxidation sites excluding steroid dienone is 3. The second-order valence-electron chi connectivity index (χ2n) is 5.98. The van der Waals surface area contributed by atoms with Gasteiger partial charge in [-0.1, -0.05) is 64.0 Å². The smallest absolute Gasteiger partial charge is 0.321 e. The fourth-order valence-corrected chi connectivity index (χ4v) is 2.88. The first kappa shape index (κ1) is 35.6. The normalized spacial score (nSPS) is 12.4. The van der Waals surface area contributed by atoms with Gasteiger partial charge in [-0.05, 0) is 19.8 Å². The van der Waals surface area contributed by atoms with Gasteiger partial charge in [0.1, 0.15) is 6.04 Å². The van der Waals surface area contributed by atoms with Crippen molar-refractivity contribution in [1.29, 1.82) is 0 Å². The van der Waals surface area contributed by atoms with Gasteiger partial charge in [0.25, 0.3) is 0 Å². The minimum atomic E-state index is -1.01. The van der Waals surface area contributed by atoms with E-state index in [1.807, 2.05) is 19.9 Å². The lowest BCUT2D eigenvalue weighted by Crippen LogP contribution is -2.34. The third-order valence-electron chi connectivity index (χ3n) is 3.17. The molecule has 0 fully saturated rings. The van der Waals surface area contributed by atoms with E-state index in [0.29, 0.717) is 6.42 Å². The molecule has 0 saturated heterocycles. The van der Waals surface area contributed by atoms with Gasteiger partial charge in [-0.15, -0.1) is 31.5 Å². The Morgan fingerprint density at radius 2 is 1.63 bits per heavy atom. The van der Waals surface area contributed by atoms with Gasteiger partial charge in [-0.25, -0.2) is 0 Å². The first-order chi connectivity index (χ1) is 14.2. The van der Waals surface area contributed by atoms with Gasteiger partial charge in [-0.2, -0.15) is 0 Å². The highest BCUT2D eigenvalue weighted by atomic mass is 32.2. The van der Waals surface area contributed by atoms with E-state index in [0.717, 1.165) is 32.1 Å². The summed E-state index contributed by atoms with van der Waals surface area (Å²) in [5.41, 5.74) is 5.47. The van der Waals surface area contributed by atoms with Crippen molar-refractivity contribution in [3.8, 4) is 0 Å². The zero-order valence-electron chi connectivity index (χ0n) is 19.0. The van der Waals surface area contributed by atoms with E-state index in [1.165, 1.54) is 11.8 Å². The second-order valence-corrected chi connectivity index (χ2v) is 7.19. The number of aliphatic hydroxyl groups is 1. The molecule has 0 aliphatic heterocycles. The summed E-state index contributed by atoms with van der Waals surface area (Å²) >= 11 is 1.37. The average molecular weight is 446 g/mol. The summed E-state index contributed by atoms with van der Waals surface area (Å²) < 4.78 is 0. The molecule has 6 nitrogen and oxygen atoms in total. The van der Waals surface area contributed by atoms with E-state index in [2.05, 4.69) is 33.2 Å². The van der Waals surface area contributed by atoms with Gasteiger partial charge in [0, 0.05) is 17.4 Å². The number of hydrogen-bond acceptors (Lipinski definition) is 5. The van der Waals surface area contributed by atoms with Crippen molar-refractivity contribution in [2.24, 2.45) is 5.73 Å². The molecule has 2 unspecified atom stereocenters. The van der Waals surface area contributed by atoms with E-state index in [1.54, 1.807) is 18.2 Å². The summed E-state index contributed by atoms with van der Waals surface area (Å²) in [5, 5.41) is 26.6. The molecule has 0 aromatic carbocycles. The highest BCUT2D eigenvalue weighted by molar-refractivity contribution is 8.00. The monoisotopic (exact) mass is 445 g/mol. The van der Waals surface area contributed by atoms with Crippen LogP contribution in [0.1, 0.15) is 59.3 Å². The van der Waals surface area contributed by atoms with Crippen LogP contribution in [0.4, 0.5) is 0 Å². The minimum Gasteiger partial charge on any atom is -0.481 e. The van der Waals surface area contributed by atoms with Crippen LogP contribution >= 0.6 is 11.8 Å². The van der Waals surface area contributed by atoms with Crippen molar-refractivity contribution >= 4 is 23.7 Å². The van der Waals surface area contributed by atoms with E-state index < -0.39 is 24.1 Å². The van der Waals surface area contributed by atoms with Crippen LogP contribution in [0.5, 0.6) is 0 Å². The standard InChI is InChI=1S/C14H25NO3S.C4H8O2.C3H6.C2H4/c1-3-5-7-8-12(16)13(9-6-4-2)19-10-11(15)14(17)18;1-2-3-4(5)6;1-3-2;1-2/h4,6,9,11-13,16H,2-3,5,7-8,10,15H2,1H3,(H,17,18);2-3H2,1H3,(H,5,6);3H,1H2,2H3;1-2H2/b9-6+;;;/t11?,12-,13?;;;/m0.../s1. The Hall–Kier alpha value is -1.83. The lowest BCUT2D eigenvalue weighted by atomic mass is 10.1. The van der Waals surface area contributed by atoms with E-state index in [9.17, 15) is 14.7 Å². The van der Waals surface area contributed by atoms with Crippen LogP contribution in [-0.2, 0) is 9.59 Å². The van der Waals surface area contributed by atoms with Crippen molar-refractivity contribution in [3.63, 3.8) is 0 Å². The maximum absolute atomic E-state index is 10.7. The molecule has 0 aromatic rings. The van der Waals surface area contributed by atoms with Crippen LogP contribution in [0.2, 0.25) is 0 Å². The molecule has 0 amide bonds. The number of rotatable bonds is 13. The van der Waals surface area contributed by atoms with Crippen LogP contribution in [0.25, 0.3) is 0 Å². The van der Waals surface area contributed by atoms with E-state index in [4.69, 9.17) is 15.9 Å². The van der Waals surface area contributed by atoms with Crippen molar-refractivity contribution < 1.29 is 24.9 Å². The summed E-state index contributed by atoms with van der Waals surface area (Å²) in [4.78, 5) is 20.3. The molecule has 3 atom stereocenters. The molecule has 0 aliphatic carbocycles. The van der Waals surface area contributed by atoms with Crippen molar-refractivity contribution in [1.82, 2.24) is 0 Å². The molecule has 0 saturated carbocycles. The number of carbonyl (C=O) groups is 2. The highest BCUT2D eigenvalue weighted by Gasteiger charge is 2.20. The van der Waals surface area contributed by atoms with Gasteiger partial charge >= 0.3 is 11.9 Å². The van der Waals surface area contributed by atoms with Gasteiger partial charge in [-0.3, -0.25) is 9.59 Å². The van der Waals surface area contributed by atoms with Crippen LogP contribution in [0.3, 0.4) is 0 Å². The largest absolute Gasteiger partial charge is 0.481 e. The van der Waals surface area contributed by atoms with Crippen molar-refractivity contribution in [2.75, 3.05) is 5.75 Å². The number of unbranched alkanes of at least 4 members (excludes halogenated alkanes) is 2. The molecule has 0 radical (unpaired) electrons. The molecule has 176 valence electrons. The van der Waals surface area contributed by atoms with Crippen LogP contribution < -0.4 is 5.73 Å². The summed E-state index contributed by atoms with van der Waals surface area (Å²) in [7, 11) is 0. The lowest BCUT2D eigenvalue weighted by Gasteiger charge is -2.20. The quantitative estimate of drug-likeness (QED) is 0.178. The Bertz CT molecular complexity index is 455. The molecule has 30 heavy (non-hydrogen) atoms. The lowest BCUT2D eigenvalue weighted by molar-refractivity contribution is -0.138. The van der Waals surface area contributed by atoms with Crippen molar-refractivity contribution in [2.45, 2.75) is 76.7 Å². The Kier molecular flexibility index (Phi) is 34.9. The Labute approximate surface area is 187 Å². The topological polar surface area (TPSA) is 121 Å². The van der Waals surface area contributed by atoms with E-state index >= 15 is 0 Å². The first-order valence-corrected chi connectivity index (χ1v) is 11.1. The fourth-order valence-electron chi connectivity index (χ4n) is 1.75. The maximum atomic E-state index is 10.7. The average Bonchev–Trinajstić information content (AvgIpc) is 2.70. The number of aliphatic hydroxyl groups excluding tert-OH is 1. The molecule has 0 aliphatic rings. The molecule has 0 rings (SSSR count). The summed E-state index contributed by atoms with van der Waals surface area (Å²) in [5.74, 6) is -1.44. The Morgan fingerprint density at radius 3 is 1.97 bits per heavy atom. The summed E-state index contributed by atoms with van der Waals surface area (Å²) in [6.45, 7) is 18.8. The Balaban J connectivity index is -0.000000254. The maximum Gasteiger partial charge on any atom is 0.321 e. The van der Waals surface area contributed by atoms with Gasteiger partial charge in [0.05, 0.1) is 6.10 Å². The fraction of sp³-hybridized carbons (Fsp3) is 0.565. The molecule has 0 bridgehead atoms. The molecule has 0 spiro atoms. The minimum absolute atomic E-state index is 0.139. The predicted octanol–water partition coefficient (Wildman–Crippen LogP) is 5.05. The van der Waals surface area contributed by atoms with Crippen LogP contribution in [0.15, 0.2) is 50.6 Å². The predicted molar refractivity (Wildman–Crippen MR) is 131 cm³/mol.